The second kappa shape index (κ2) is 13.4. The average Bonchev–Trinajstić information content (AvgIpc) is 2.80. The first-order valence-electron chi connectivity index (χ1n) is 12.9. The molecule has 206 valence electrons. The van der Waals surface area contributed by atoms with Crippen molar-refractivity contribution in [2.75, 3.05) is 32.6 Å². The molecule has 38 heavy (non-hydrogen) atoms. The fourth-order valence-electron chi connectivity index (χ4n) is 4.94. The van der Waals surface area contributed by atoms with Gasteiger partial charge in [0.25, 0.3) is 0 Å². The van der Waals surface area contributed by atoms with Crippen molar-refractivity contribution in [3.05, 3.63) is 63.7 Å². The Balaban J connectivity index is 0.000000223. The predicted octanol–water partition coefficient (Wildman–Crippen LogP) is 7.25. The van der Waals surface area contributed by atoms with Crippen molar-refractivity contribution in [2.24, 2.45) is 5.41 Å². The Labute approximate surface area is 242 Å². The molecule has 6 nitrogen and oxygen atoms in total. The van der Waals surface area contributed by atoms with Crippen LogP contribution in [0.1, 0.15) is 55.4 Å². The van der Waals surface area contributed by atoms with Gasteiger partial charge in [0.05, 0.1) is 35.7 Å². The lowest BCUT2D eigenvalue weighted by Gasteiger charge is -2.58. The molecule has 1 saturated carbocycles. The number of hydroxylamine groups is 1. The topological polar surface area (TPSA) is 65.7 Å². The number of thiol groups is 1. The number of quaternary nitrogens is 1. The smallest absolute Gasteiger partial charge is 0.155 e. The molecule has 0 amide bonds. The van der Waals surface area contributed by atoms with E-state index in [-0.39, 0.29) is 4.16 Å². The van der Waals surface area contributed by atoms with Gasteiger partial charge in [-0.1, -0.05) is 47.3 Å². The minimum atomic E-state index is -0.363. The number of hydrogen-bond acceptors (Lipinski definition) is 6. The lowest BCUT2D eigenvalue weighted by Crippen LogP contribution is -2.70. The first kappa shape index (κ1) is 30.6. The van der Waals surface area contributed by atoms with Crippen molar-refractivity contribution in [2.45, 2.75) is 52.6 Å². The number of halogens is 2. The molecule has 0 aromatic heterocycles. The van der Waals surface area contributed by atoms with Crippen molar-refractivity contribution < 1.29 is 18.8 Å². The zero-order valence-electron chi connectivity index (χ0n) is 22.6. The molecule has 1 heterocycles. The van der Waals surface area contributed by atoms with E-state index < -0.39 is 0 Å². The SMILES string of the molecule is C/C=C\c1cc(OC2CC3(C2)CN([N+](C)(O)S)C3)ccc1C.CCCc1cc(Cl)c(OCCCl)c(C#N)c1. The van der Waals surface area contributed by atoms with Gasteiger partial charge < -0.3 is 9.47 Å². The normalized spacial score (nSPS) is 18.1. The summed E-state index contributed by atoms with van der Waals surface area (Å²) in [6, 6.07) is 12.0. The van der Waals surface area contributed by atoms with Crippen LogP contribution < -0.4 is 9.47 Å². The van der Waals surface area contributed by atoms with Crippen LogP contribution in [0.25, 0.3) is 6.08 Å². The molecule has 2 fully saturated rings. The predicted molar refractivity (Wildman–Crippen MR) is 157 cm³/mol. The zero-order valence-corrected chi connectivity index (χ0v) is 25.0. The first-order valence-corrected chi connectivity index (χ1v) is 14.2. The van der Waals surface area contributed by atoms with E-state index in [1.807, 2.05) is 24.1 Å². The van der Waals surface area contributed by atoms with Gasteiger partial charge in [0.15, 0.2) is 5.75 Å². The van der Waals surface area contributed by atoms with E-state index in [1.54, 1.807) is 7.05 Å². The third-order valence-corrected chi connectivity index (χ3v) is 7.57. The maximum absolute atomic E-state index is 9.79. The minimum Gasteiger partial charge on any atom is -0.490 e. The molecule has 1 spiro atoms. The fourth-order valence-corrected chi connectivity index (χ4v) is 5.44. The second-order valence-electron chi connectivity index (χ2n) is 10.2. The number of hydrogen-bond donors (Lipinski definition) is 2. The molecule has 2 aromatic carbocycles. The number of nitrogens with zero attached hydrogens (tertiary/aromatic N) is 3. The highest BCUT2D eigenvalue weighted by Gasteiger charge is 2.58. The van der Waals surface area contributed by atoms with Crippen LogP contribution >= 0.6 is 36.0 Å². The molecule has 2 aromatic rings. The van der Waals surface area contributed by atoms with Gasteiger partial charge in [-0.15, -0.1) is 16.6 Å². The molecule has 0 bridgehead atoms. The van der Waals surface area contributed by atoms with Crippen LogP contribution in [0.4, 0.5) is 0 Å². The van der Waals surface area contributed by atoms with Crippen molar-refractivity contribution in [3.63, 3.8) is 0 Å². The van der Waals surface area contributed by atoms with Crippen LogP contribution in [-0.2, 0) is 6.42 Å². The number of alkyl halides is 1. The van der Waals surface area contributed by atoms with Crippen molar-refractivity contribution in [3.8, 4) is 17.6 Å². The quantitative estimate of drug-likeness (QED) is 0.142. The Morgan fingerprint density at radius 1 is 1.29 bits per heavy atom. The molecule has 1 saturated heterocycles. The summed E-state index contributed by atoms with van der Waals surface area (Å²) in [5.41, 5.74) is 4.33. The maximum atomic E-state index is 9.79. The molecule has 1 aliphatic carbocycles. The van der Waals surface area contributed by atoms with Gasteiger partial charge in [-0.3, -0.25) is 0 Å². The summed E-state index contributed by atoms with van der Waals surface area (Å²) in [4.78, 5) is 0. The number of ether oxygens (including phenoxy) is 2. The number of nitriles is 1. The number of benzene rings is 2. The van der Waals surface area contributed by atoms with Gasteiger partial charge in [0.1, 0.15) is 38.3 Å². The fraction of sp³-hybridized carbons (Fsp3) is 0.483. The van der Waals surface area contributed by atoms with E-state index in [9.17, 15) is 5.21 Å². The molecule has 1 N–H and O–H groups in total. The number of rotatable bonds is 9. The highest BCUT2D eigenvalue weighted by molar-refractivity contribution is 7.74. The first-order chi connectivity index (χ1) is 18.0. The van der Waals surface area contributed by atoms with E-state index in [4.69, 9.17) is 37.9 Å². The highest BCUT2D eigenvalue weighted by Crippen LogP contribution is 2.51. The summed E-state index contributed by atoms with van der Waals surface area (Å²) in [7, 11) is 1.66. The monoisotopic (exact) mass is 578 g/mol. The molecular weight excluding hydrogens is 541 g/mol. The average molecular weight is 580 g/mol. The van der Waals surface area contributed by atoms with E-state index in [0.717, 1.165) is 50.1 Å². The van der Waals surface area contributed by atoms with Crippen molar-refractivity contribution in [1.82, 2.24) is 5.01 Å². The third kappa shape index (κ3) is 7.81. The van der Waals surface area contributed by atoms with Crippen LogP contribution in [0.2, 0.25) is 5.02 Å². The Kier molecular flexibility index (Phi) is 10.8. The van der Waals surface area contributed by atoms with Crippen molar-refractivity contribution in [1.29, 1.82) is 5.26 Å². The van der Waals surface area contributed by atoms with Gasteiger partial charge in [-0.25, -0.2) is 0 Å². The Hall–Kier alpha value is -1.92. The van der Waals surface area contributed by atoms with Gasteiger partial charge in [-0.05, 0) is 74.1 Å². The Morgan fingerprint density at radius 2 is 2.00 bits per heavy atom. The van der Waals surface area contributed by atoms with Gasteiger partial charge in [0, 0.05) is 5.41 Å². The second-order valence-corrected chi connectivity index (χ2v) is 11.8. The van der Waals surface area contributed by atoms with Gasteiger partial charge in [0.2, 0.25) is 0 Å². The summed E-state index contributed by atoms with van der Waals surface area (Å²) < 4.78 is 11.1. The van der Waals surface area contributed by atoms with Crippen LogP contribution in [-0.4, -0.2) is 53.1 Å². The third-order valence-electron chi connectivity index (χ3n) is 6.88. The van der Waals surface area contributed by atoms with Crippen LogP contribution in [0.15, 0.2) is 36.4 Å². The van der Waals surface area contributed by atoms with E-state index in [0.29, 0.717) is 40.3 Å². The minimum absolute atomic E-state index is 0.292. The van der Waals surface area contributed by atoms with E-state index >= 15 is 0 Å². The molecule has 9 heteroatoms. The molecule has 2 aliphatic rings. The molecule has 1 atom stereocenters. The maximum Gasteiger partial charge on any atom is 0.155 e. The Bertz CT molecular complexity index is 1160. The van der Waals surface area contributed by atoms with Gasteiger partial charge in [-0.2, -0.15) is 10.5 Å². The van der Waals surface area contributed by atoms with Gasteiger partial charge >= 0.3 is 0 Å². The summed E-state index contributed by atoms with van der Waals surface area (Å²) in [5.74, 6) is 1.76. The molecule has 1 unspecified atom stereocenters. The molecule has 0 radical (unpaired) electrons. The lowest BCUT2D eigenvalue weighted by molar-refractivity contribution is -1.08. The summed E-state index contributed by atoms with van der Waals surface area (Å²) in [6.07, 6.45) is 8.50. The summed E-state index contributed by atoms with van der Waals surface area (Å²) >= 11 is 15.7. The lowest BCUT2D eigenvalue weighted by atomic mass is 9.62. The van der Waals surface area contributed by atoms with E-state index in [2.05, 4.69) is 63.1 Å². The van der Waals surface area contributed by atoms with E-state index in [1.165, 1.54) is 11.1 Å². The number of allylic oxidation sites excluding steroid dienone is 1. The largest absolute Gasteiger partial charge is 0.490 e. The molecular formula is C29H38Cl2N3O3S+. The van der Waals surface area contributed by atoms with Crippen LogP contribution in [0, 0.1) is 23.7 Å². The Morgan fingerprint density at radius 3 is 2.58 bits per heavy atom. The standard InChI is InChI=1S/C17H25N2O2S.C12H13Cl2NO/c1-4-5-14-8-15(7-6-13(14)2)21-16-9-17(10-16)11-18(12-17)19(3,20)22;1-2-3-9-6-10(8-15)12(11(14)7-9)16-5-4-13/h4-8,16,20,22H,9-12H2,1-3H3;6-7H,2-5H2,1H3/q+1;/b5-4-;. The summed E-state index contributed by atoms with van der Waals surface area (Å²) in [5, 5.41) is 21.2. The zero-order chi connectivity index (χ0) is 27.9. The highest BCUT2D eigenvalue weighted by atomic mass is 35.5. The van der Waals surface area contributed by atoms with Crippen LogP contribution in [0.5, 0.6) is 11.5 Å². The van der Waals surface area contributed by atoms with Crippen molar-refractivity contribution >= 4 is 42.1 Å². The summed E-state index contributed by atoms with van der Waals surface area (Å²) in [6.45, 7) is 8.35. The molecule has 1 aliphatic heterocycles. The van der Waals surface area contributed by atoms with Crippen LogP contribution in [0.3, 0.4) is 0 Å². The number of aryl methyl sites for hydroxylation is 2. The molecule has 4 rings (SSSR count).